The van der Waals surface area contributed by atoms with Crippen molar-refractivity contribution in [2.24, 2.45) is 5.92 Å². The van der Waals surface area contributed by atoms with E-state index < -0.39 is 11.6 Å². The van der Waals surface area contributed by atoms with Crippen molar-refractivity contribution < 1.29 is 19.3 Å². The lowest BCUT2D eigenvalue weighted by Gasteiger charge is -2.36. The number of aliphatic hydroxyl groups is 1. The van der Waals surface area contributed by atoms with Gasteiger partial charge in [0.1, 0.15) is 12.4 Å². The van der Waals surface area contributed by atoms with Gasteiger partial charge in [-0.05, 0) is 24.5 Å². The summed E-state index contributed by atoms with van der Waals surface area (Å²) in [6.45, 7) is 10.4. The van der Waals surface area contributed by atoms with Crippen molar-refractivity contribution in [2.75, 3.05) is 13.2 Å². The van der Waals surface area contributed by atoms with Crippen LogP contribution in [0.25, 0.3) is 0 Å². The number of hydrogen-bond donors (Lipinski definition) is 1. The SMILES string of the molecule is CC1=C(C=C(CO)C(C)C)OC(C)(C)OC12CO2. The zero-order chi connectivity index (χ0) is 13.6. The molecule has 102 valence electrons. The molecule has 0 aromatic rings. The third-order valence-corrected chi connectivity index (χ3v) is 3.35. The van der Waals surface area contributed by atoms with Gasteiger partial charge in [0.2, 0.25) is 11.6 Å². The number of allylic oxidation sites excluding steroid dienone is 1. The maximum atomic E-state index is 9.38. The van der Waals surface area contributed by atoms with E-state index in [4.69, 9.17) is 14.2 Å². The first-order valence-corrected chi connectivity index (χ1v) is 6.35. The first-order chi connectivity index (χ1) is 8.30. The molecule has 4 heteroatoms. The Balaban J connectivity index is 2.36. The summed E-state index contributed by atoms with van der Waals surface area (Å²) in [5.41, 5.74) is 1.88. The van der Waals surface area contributed by atoms with E-state index >= 15 is 0 Å². The largest absolute Gasteiger partial charge is 0.463 e. The average molecular weight is 254 g/mol. The van der Waals surface area contributed by atoms with Crippen LogP contribution in [0.4, 0.5) is 0 Å². The van der Waals surface area contributed by atoms with Crippen LogP contribution in [-0.2, 0) is 14.2 Å². The van der Waals surface area contributed by atoms with Crippen LogP contribution < -0.4 is 0 Å². The first-order valence-electron chi connectivity index (χ1n) is 6.35. The van der Waals surface area contributed by atoms with Gasteiger partial charge < -0.3 is 19.3 Å². The topological polar surface area (TPSA) is 51.2 Å². The fourth-order valence-electron chi connectivity index (χ4n) is 2.07. The summed E-state index contributed by atoms with van der Waals surface area (Å²) < 4.78 is 17.1. The van der Waals surface area contributed by atoms with Crippen LogP contribution in [0.1, 0.15) is 34.6 Å². The summed E-state index contributed by atoms with van der Waals surface area (Å²) in [6.07, 6.45) is 1.91. The molecule has 0 bridgehead atoms. The third kappa shape index (κ3) is 2.46. The van der Waals surface area contributed by atoms with Crippen molar-refractivity contribution in [3.05, 3.63) is 23.0 Å². The molecular weight excluding hydrogens is 232 g/mol. The number of aliphatic hydroxyl groups excluding tert-OH is 1. The Morgan fingerprint density at radius 1 is 1.44 bits per heavy atom. The summed E-state index contributed by atoms with van der Waals surface area (Å²) in [7, 11) is 0. The van der Waals surface area contributed by atoms with Gasteiger partial charge in [-0.25, -0.2) is 0 Å². The van der Waals surface area contributed by atoms with Gasteiger partial charge in [-0.15, -0.1) is 0 Å². The molecule has 0 aromatic heterocycles. The molecule has 1 saturated heterocycles. The van der Waals surface area contributed by atoms with Gasteiger partial charge in [0.25, 0.3) is 0 Å². The molecule has 0 radical (unpaired) electrons. The Hall–Kier alpha value is -0.840. The van der Waals surface area contributed by atoms with E-state index in [0.717, 1.165) is 16.9 Å². The van der Waals surface area contributed by atoms with Crippen LogP contribution in [0, 0.1) is 5.92 Å². The van der Waals surface area contributed by atoms with E-state index in [1.54, 1.807) is 0 Å². The Kier molecular flexibility index (Phi) is 3.30. The van der Waals surface area contributed by atoms with Crippen LogP contribution >= 0.6 is 0 Å². The second-order valence-electron chi connectivity index (χ2n) is 5.67. The number of epoxide rings is 1. The molecule has 1 atom stereocenters. The summed E-state index contributed by atoms with van der Waals surface area (Å²) in [5, 5.41) is 9.38. The molecule has 1 unspecified atom stereocenters. The highest BCUT2D eigenvalue weighted by atomic mass is 16.8. The number of ether oxygens (including phenoxy) is 3. The first kappa shape index (κ1) is 13.6. The van der Waals surface area contributed by atoms with Crippen LogP contribution in [-0.4, -0.2) is 29.9 Å². The van der Waals surface area contributed by atoms with Gasteiger partial charge >= 0.3 is 0 Å². The number of hydrogen-bond acceptors (Lipinski definition) is 4. The van der Waals surface area contributed by atoms with Gasteiger partial charge in [0.15, 0.2) is 0 Å². The van der Waals surface area contributed by atoms with Crippen molar-refractivity contribution >= 4 is 0 Å². The maximum absolute atomic E-state index is 9.38. The summed E-state index contributed by atoms with van der Waals surface area (Å²) in [4.78, 5) is 0. The predicted octanol–water partition coefficient (Wildman–Crippen LogP) is 2.34. The zero-order valence-corrected chi connectivity index (χ0v) is 11.7. The second kappa shape index (κ2) is 4.37. The molecule has 2 aliphatic rings. The van der Waals surface area contributed by atoms with Crippen molar-refractivity contribution in [1.82, 2.24) is 0 Å². The highest BCUT2D eigenvalue weighted by Crippen LogP contribution is 2.46. The molecule has 2 aliphatic heterocycles. The van der Waals surface area contributed by atoms with Gasteiger partial charge in [-0.3, -0.25) is 0 Å². The van der Waals surface area contributed by atoms with Crippen molar-refractivity contribution in [3.8, 4) is 0 Å². The maximum Gasteiger partial charge on any atom is 0.222 e. The summed E-state index contributed by atoms with van der Waals surface area (Å²) in [5.74, 6) is -0.285. The molecular formula is C14H22O4. The van der Waals surface area contributed by atoms with E-state index in [-0.39, 0.29) is 12.5 Å². The minimum atomic E-state index is -0.709. The molecule has 0 aromatic carbocycles. The molecule has 18 heavy (non-hydrogen) atoms. The van der Waals surface area contributed by atoms with Gasteiger partial charge in [-0.2, -0.15) is 0 Å². The van der Waals surface area contributed by atoms with Crippen LogP contribution in [0.2, 0.25) is 0 Å². The molecule has 0 amide bonds. The fourth-order valence-corrected chi connectivity index (χ4v) is 2.07. The van der Waals surface area contributed by atoms with Crippen LogP contribution in [0.3, 0.4) is 0 Å². The second-order valence-corrected chi connectivity index (χ2v) is 5.67. The van der Waals surface area contributed by atoms with E-state index in [2.05, 4.69) is 0 Å². The highest BCUT2D eigenvalue weighted by molar-refractivity contribution is 5.32. The average Bonchev–Trinajstić information content (AvgIpc) is 3.00. The lowest BCUT2D eigenvalue weighted by atomic mass is 10.0. The quantitative estimate of drug-likeness (QED) is 0.785. The third-order valence-electron chi connectivity index (χ3n) is 3.35. The predicted molar refractivity (Wildman–Crippen MR) is 67.6 cm³/mol. The van der Waals surface area contributed by atoms with Crippen molar-refractivity contribution in [3.63, 3.8) is 0 Å². The minimum Gasteiger partial charge on any atom is -0.463 e. The summed E-state index contributed by atoms with van der Waals surface area (Å²) in [6, 6.07) is 0. The van der Waals surface area contributed by atoms with E-state index in [0.29, 0.717) is 6.61 Å². The van der Waals surface area contributed by atoms with Gasteiger partial charge in [-0.1, -0.05) is 13.8 Å². The lowest BCUT2D eigenvalue weighted by Crippen LogP contribution is -2.41. The molecule has 2 heterocycles. The van der Waals surface area contributed by atoms with Gasteiger partial charge in [0.05, 0.1) is 6.61 Å². The highest BCUT2D eigenvalue weighted by Gasteiger charge is 2.56. The molecule has 0 aliphatic carbocycles. The van der Waals surface area contributed by atoms with Crippen molar-refractivity contribution in [2.45, 2.75) is 46.2 Å². The monoisotopic (exact) mass is 254 g/mol. The number of rotatable bonds is 3. The molecule has 1 fully saturated rings. The van der Waals surface area contributed by atoms with Crippen LogP contribution in [0.15, 0.2) is 23.0 Å². The Morgan fingerprint density at radius 3 is 2.50 bits per heavy atom. The normalized spacial score (nSPS) is 30.9. The Morgan fingerprint density at radius 2 is 2.06 bits per heavy atom. The minimum absolute atomic E-state index is 0.0347. The Bertz CT molecular complexity index is 400. The Labute approximate surface area is 108 Å². The smallest absolute Gasteiger partial charge is 0.222 e. The lowest BCUT2D eigenvalue weighted by molar-refractivity contribution is -0.255. The van der Waals surface area contributed by atoms with Crippen molar-refractivity contribution in [1.29, 1.82) is 0 Å². The fraction of sp³-hybridized carbons (Fsp3) is 0.714. The van der Waals surface area contributed by atoms with E-state index in [9.17, 15) is 5.11 Å². The standard InChI is InChI=1S/C14H22O4/c1-9(2)11(7-15)6-12-10(3)14(8-16-14)18-13(4,5)17-12/h6,9,15H,7-8H2,1-5H3. The molecule has 0 saturated carbocycles. The molecule has 1 N–H and O–H groups in total. The molecule has 1 spiro atoms. The van der Waals surface area contributed by atoms with E-state index in [1.807, 2.05) is 40.7 Å². The summed E-state index contributed by atoms with van der Waals surface area (Å²) >= 11 is 0. The zero-order valence-electron chi connectivity index (χ0n) is 11.7. The molecule has 4 nitrogen and oxygen atoms in total. The van der Waals surface area contributed by atoms with Crippen LogP contribution in [0.5, 0.6) is 0 Å². The van der Waals surface area contributed by atoms with E-state index in [1.165, 1.54) is 0 Å². The van der Waals surface area contributed by atoms with Gasteiger partial charge in [0, 0.05) is 19.4 Å². The molecule has 2 rings (SSSR count).